The van der Waals surface area contributed by atoms with Crippen LogP contribution in [-0.2, 0) is 38.4 Å². The van der Waals surface area contributed by atoms with Gasteiger partial charge >= 0.3 is 5.97 Å². The van der Waals surface area contributed by atoms with Crippen LogP contribution in [0.2, 0.25) is 0 Å². The van der Waals surface area contributed by atoms with E-state index in [4.69, 9.17) is 5.73 Å². The molecule has 12 heteroatoms. The molecular formula is C32H39N7O5. The van der Waals surface area contributed by atoms with Crippen molar-refractivity contribution in [1.29, 1.82) is 0 Å². The second kappa shape index (κ2) is 15.0. The van der Waals surface area contributed by atoms with Crippen LogP contribution in [0.4, 0.5) is 0 Å². The number of H-pyrrole nitrogens is 2. The highest BCUT2D eigenvalue weighted by molar-refractivity contribution is 5.95. The van der Waals surface area contributed by atoms with Gasteiger partial charge < -0.3 is 36.8 Å². The highest BCUT2D eigenvalue weighted by Crippen LogP contribution is 2.19. The van der Waals surface area contributed by atoms with Gasteiger partial charge in [0.05, 0.1) is 12.4 Å². The van der Waals surface area contributed by atoms with Gasteiger partial charge in [-0.3, -0.25) is 14.4 Å². The number of carboxylic acid groups (broad SMARTS) is 1. The van der Waals surface area contributed by atoms with Crippen molar-refractivity contribution in [2.24, 2.45) is 11.7 Å². The van der Waals surface area contributed by atoms with Crippen LogP contribution >= 0.6 is 0 Å². The van der Waals surface area contributed by atoms with Gasteiger partial charge in [0.15, 0.2) is 0 Å². The summed E-state index contributed by atoms with van der Waals surface area (Å²) in [4.78, 5) is 62.5. The monoisotopic (exact) mass is 601 g/mol. The average molecular weight is 602 g/mol. The molecule has 4 atom stereocenters. The molecular weight excluding hydrogens is 562 g/mol. The van der Waals surface area contributed by atoms with Crippen LogP contribution in [0.5, 0.6) is 0 Å². The summed E-state index contributed by atoms with van der Waals surface area (Å²) in [6.45, 7) is 3.90. The maximum Gasteiger partial charge on any atom is 0.326 e. The Bertz CT molecular complexity index is 1550. The summed E-state index contributed by atoms with van der Waals surface area (Å²) < 4.78 is 0. The third-order valence-electron chi connectivity index (χ3n) is 7.30. The van der Waals surface area contributed by atoms with Crippen LogP contribution in [0.15, 0.2) is 73.3 Å². The van der Waals surface area contributed by atoms with E-state index in [1.807, 2.05) is 56.3 Å². The molecule has 3 amide bonds. The molecule has 12 nitrogen and oxygen atoms in total. The number of carbonyl (C=O) groups is 4. The molecule has 0 spiro atoms. The molecule has 0 aliphatic carbocycles. The molecule has 4 rings (SSSR count). The van der Waals surface area contributed by atoms with Crippen molar-refractivity contribution in [3.05, 3.63) is 90.1 Å². The molecule has 0 aliphatic rings. The molecule has 44 heavy (non-hydrogen) atoms. The van der Waals surface area contributed by atoms with Crippen molar-refractivity contribution in [1.82, 2.24) is 30.9 Å². The van der Waals surface area contributed by atoms with Gasteiger partial charge in [0.2, 0.25) is 17.7 Å². The SMILES string of the molecule is CC(C)CC(N)C(=O)NC(Cc1c[nH]c2ccccc12)C(=O)NC(Cc1ccccc1)C(=O)NC(Cc1cnc[nH]1)C(=O)O. The summed E-state index contributed by atoms with van der Waals surface area (Å²) in [7, 11) is 0. The first kappa shape index (κ1) is 32.0. The molecule has 2 heterocycles. The zero-order chi connectivity index (χ0) is 31.6. The average Bonchev–Trinajstić information content (AvgIpc) is 3.66. The second-order valence-corrected chi connectivity index (χ2v) is 11.3. The molecule has 2 aromatic heterocycles. The summed E-state index contributed by atoms with van der Waals surface area (Å²) in [6.07, 6.45) is 5.31. The predicted molar refractivity (Wildman–Crippen MR) is 165 cm³/mol. The fourth-order valence-electron chi connectivity index (χ4n) is 5.04. The van der Waals surface area contributed by atoms with Gasteiger partial charge in [-0.15, -0.1) is 0 Å². The van der Waals surface area contributed by atoms with Gasteiger partial charge in [0, 0.05) is 48.3 Å². The smallest absolute Gasteiger partial charge is 0.326 e. The molecule has 8 N–H and O–H groups in total. The lowest BCUT2D eigenvalue weighted by molar-refractivity contribution is -0.142. The van der Waals surface area contributed by atoms with Crippen molar-refractivity contribution in [2.75, 3.05) is 0 Å². The number of nitrogens with zero attached hydrogens (tertiary/aromatic N) is 1. The first-order chi connectivity index (χ1) is 21.1. The predicted octanol–water partition coefficient (Wildman–Crippen LogP) is 1.83. The number of carboxylic acids is 1. The quantitative estimate of drug-likeness (QED) is 0.108. The van der Waals surface area contributed by atoms with Gasteiger partial charge in [-0.05, 0) is 29.5 Å². The van der Waals surface area contributed by atoms with Crippen molar-refractivity contribution in [3.63, 3.8) is 0 Å². The fourth-order valence-corrected chi connectivity index (χ4v) is 5.04. The lowest BCUT2D eigenvalue weighted by Gasteiger charge is -2.25. The zero-order valence-corrected chi connectivity index (χ0v) is 24.7. The Morgan fingerprint density at radius 2 is 1.45 bits per heavy atom. The number of amides is 3. The number of aromatic amines is 2. The third-order valence-corrected chi connectivity index (χ3v) is 7.30. The molecule has 4 aromatic rings. The molecule has 0 bridgehead atoms. The Balaban J connectivity index is 1.58. The van der Waals surface area contributed by atoms with E-state index in [1.165, 1.54) is 12.5 Å². The number of carbonyl (C=O) groups excluding carboxylic acids is 3. The Hall–Kier alpha value is -4.97. The van der Waals surface area contributed by atoms with E-state index in [-0.39, 0.29) is 25.2 Å². The third kappa shape index (κ3) is 8.77. The largest absolute Gasteiger partial charge is 0.480 e. The van der Waals surface area contributed by atoms with Gasteiger partial charge in [0.1, 0.15) is 18.1 Å². The Kier molecular flexibility index (Phi) is 10.9. The summed E-state index contributed by atoms with van der Waals surface area (Å²) in [6, 6.07) is 12.4. The lowest BCUT2D eigenvalue weighted by atomic mass is 10.00. The number of para-hydroxylation sites is 1. The van der Waals surface area contributed by atoms with E-state index in [9.17, 15) is 24.3 Å². The molecule has 0 saturated heterocycles. The zero-order valence-electron chi connectivity index (χ0n) is 24.7. The topological polar surface area (TPSA) is 195 Å². The Morgan fingerprint density at radius 1 is 0.818 bits per heavy atom. The van der Waals surface area contributed by atoms with Crippen LogP contribution in [-0.4, -0.2) is 67.9 Å². The van der Waals surface area contributed by atoms with Crippen LogP contribution in [0, 0.1) is 5.92 Å². The minimum Gasteiger partial charge on any atom is -0.480 e. The number of imidazole rings is 1. The van der Waals surface area contributed by atoms with Crippen molar-refractivity contribution >= 4 is 34.6 Å². The molecule has 0 radical (unpaired) electrons. The summed E-state index contributed by atoms with van der Waals surface area (Å²) in [5.41, 5.74) is 9.10. The first-order valence-electron chi connectivity index (χ1n) is 14.6. The summed E-state index contributed by atoms with van der Waals surface area (Å²) in [5, 5.41) is 18.8. The number of hydrogen-bond acceptors (Lipinski definition) is 6. The van der Waals surface area contributed by atoms with E-state index in [1.54, 1.807) is 18.3 Å². The van der Waals surface area contributed by atoms with Crippen LogP contribution in [0.3, 0.4) is 0 Å². The van der Waals surface area contributed by atoms with Crippen molar-refractivity contribution < 1.29 is 24.3 Å². The van der Waals surface area contributed by atoms with Crippen molar-refractivity contribution in [2.45, 2.75) is 63.7 Å². The first-order valence-corrected chi connectivity index (χ1v) is 14.6. The molecule has 2 aromatic carbocycles. The van der Waals surface area contributed by atoms with E-state index in [0.717, 1.165) is 22.0 Å². The molecule has 0 fully saturated rings. The van der Waals surface area contributed by atoms with Crippen LogP contribution in [0.1, 0.15) is 37.1 Å². The second-order valence-electron chi connectivity index (χ2n) is 11.3. The highest BCUT2D eigenvalue weighted by Gasteiger charge is 2.31. The fraction of sp³-hybridized carbons (Fsp3) is 0.344. The minimum absolute atomic E-state index is 0.0277. The normalized spacial score (nSPS) is 14.0. The van der Waals surface area contributed by atoms with E-state index in [2.05, 4.69) is 30.9 Å². The number of aliphatic carboxylic acids is 1. The Labute approximate surface area is 255 Å². The number of rotatable bonds is 15. The standard InChI is InChI=1S/C32H39N7O5/c1-19(2)12-24(33)29(40)37-27(14-21-16-35-25-11-7-6-10-23(21)25)31(42)38-26(13-20-8-4-3-5-9-20)30(41)39-28(32(43)44)15-22-17-34-18-36-22/h3-11,16-19,24,26-28,35H,12-15,33H2,1-2H3,(H,34,36)(H,37,40)(H,38,42)(H,39,41)(H,43,44). The van der Waals surface area contributed by atoms with Gasteiger partial charge in [-0.1, -0.05) is 62.4 Å². The number of aromatic nitrogens is 3. The van der Waals surface area contributed by atoms with Gasteiger partial charge in [-0.25, -0.2) is 9.78 Å². The molecule has 0 aliphatic heterocycles. The maximum absolute atomic E-state index is 13.9. The molecule has 0 saturated carbocycles. The number of hydrogen-bond donors (Lipinski definition) is 7. The van der Waals surface area contributed by atoms with Gasteiger partial charge in [-0.2, -0.15) is 0 Å². The maximum atomic E-state index is 13.9. The number of benzene rings is 2. The lowest BCUT2D eigenvalue weighted by Crippen LogP contribution is -2.58. The number of fused-ring (bicyclic) bond motifs is 1. The highest BCUT2D eigenvalue weighted by atomic mass is 16.4. The number of nitrogens with two attached hydrogens (primary N) is 1. The number of nitrogens with one attached hydrogen (secondary N) is 5. The molecule has 4 unspecified atom stereocenters. The van der Waals surface area contributed by atoms with E-state index < -0.39 is 47.9 Å². The van der Waals surface area contributed by atoms with Crippen molar-refractivity contribution in [3.8, 4) is 0 Å². The van der Waals surface area contributed by atoms with Gasteiger partial charge in [0.25, 0.3) is 0 Å². The van der Waals surface area contributed by atoms with Crippen LogP contribution in [0.25, 0.3) is 10.9 Å². The van der Waals surface area contributed by atoms with E-state index >= 15 is 0 Å². The summed E-state index contributed by atoms with van der Waals surface area (Å²) >= 11 is 0. The van der Waals surface area contributed by atoms with E-state index in [0.29, 0.717) is 12.1 Å². The summed E-state index contributed by atoms with van der Waals surface area (Å²) in [5.74, 6) is -2.83. The van der Waals surface area contributed by atoms with Crippen LogP contribution < -0.4 is 21.7 Å². The minimum atomic E-state index is -1.27. The molecule has 232 valence electrons. The Morgan fingerprint density at radius 3 is 2.11 bits per heavy atom.